The predicted octanol–water partition coefficient (Wildman–Crippen LogP) is 2.76. The lowest BCUT2D eigenvalue weighted by molar-refractivity contribution is 0.0548. The summed E-state index contributed by atoms with van der Waals surface area (Å²) in [6.45, 7) is 4.64. The molecule has 220 valence electrons. The maximum atomic E-state index is 12.7. The molecule has 0 radical (unpaired) electrons. The van der Waals surface area contributed by atoms with Crippen molar-refractivity contribution in [3.63, 3.8) is 0 Å². The molecule has 2 saturated heterocycles. The number of halogens is 2. The molecule has 3 aliphatic rings. The number of benzene rings is 1. The minimum atomic E-state index is -0.907. The minimum absolute atomic E-state index is 0.251. The van der Waals surface area contributed by atoms with E-state index in [2.05, 4.69) is 52.5 Å². The van der Waals surface area contributed by atoms with Crippen LogP contribution in [0.15, 0.2) is 18.3 Å². The lowest BCUT2D eigenvalue weighted by atomic mass is 10.0. The van der Waals surface area contributed by atoms with Crippen LogP contribution in [-0.4, -0.2) is 105 Å². The Hall–Kier alpha value is -3.75. The van der Waals surface area contributed by atoms with Crippen molar-refractivity contribution in [2.24, 2.45) is 0 Å². The maximum Gasteiger partial charge on any atom is 0.232 e. The molecule has 12 nitrogen and oxygen atoms in total. The molecule has 1 aromatic carbocycles. The molecule has 1 aliphatic carbocycles. The van der Waals surface area contributed by atoms with Gasteiger partial charge in [-0.3, -0.25) is 4.90 Å². The van der Waals surface area contributed by atoms with E-state index in [1.54, 1.807) is 6.07 Å². The van der Waals surface area contributed by atoms with Gasteiger partial charge < -0.3 is 25.5 Å². The number of anilines is 4. The Balaban J connectivity index is 1.17. The van der Waals surface area contributed by atoms with Crippen molar-refractivity contribution in [1.82, 2.24) is 29.4 Å². The Kier molecular flexibility index (Phi) is 8.27. The van der Waals surface area contributed by atoms with Crippen LogP contribution in [0.2, 0.25) is 5.02 Å². The smallest absolute Gasteiger partial charge is 0.232 e. The largest absolute Gasteiger partial charge is 0.389 e. The second-order valence-electron chi connectivity index (χ2n) is 11.2. The van der Waals surface area contributed by atoms with E-state index in [4.69, 9.17) is 11.6 Å². The number of hydrogen-bond acceptors (Lipinski definition) is 11. The highest BCUT2D eigenvalue weighted by atomic mass is 35.5. The van der Waals surface area contributed by atoms with Gasteiger partial charge in [0.15, 0.2) is 5.65 Å². The molecule has 14 heteroatoms. The lowest BCUT2D eigenvalue weighted by Crippen LogP contribution is -2.53. The first kappa shape index (κ1) is 28.4. The lowest BCUT2D eigenvalue weighted by Gasteiger charge is -2.43. The van der Waals surface area contributed by atoms with Crippen LogP contribution in [0.4, 0.5) is 27.7 Å². The molecule has 2 aliphatic heterocycles. The summed E-state index contributed by atoms with van der Waals surface area (Å²) >= 11 is 6.94. The first-order valence-corrected chi connectivity index (χ1v) is 14.7. The summed E-state index contributed by atoms with van der Waals surface area (Å²) in [5, 5.41) is 40.3. The first-order chi connectivity index (χ1) is 20.4. The zero-order valence-corrected chi connectivity index (χ0v) is 23.9. The number of aliphatic hydroxyl groups is 1. The summed E-state index contributed by atoms with van der Waals surface area (Å²) in [7, 11) is 0. The number of aromatic nitrogens is 4. The van der Waals surface area contributed by atoms with E-state index < -0.39 is 12.8 Å². The molecule has 0 spiro atoms. The first-order valence-electron chi connectivity index (χ1n) is 14.3. The molecule has 4 heterocycles. The second kappa shape index (κ2) is 12.2. The maximum absolute atomic E-state index is 12.7. The number of piperazine rings is 1. The summed E-state index contributed by atoms with van der Waals surface area (Å²) in [6.07, 6.45) is 4.62. The van der Waals surface area contributed by atoms with Gasteiger partial charge in [-0.25, -0.2) is 4.39 Å². The van der Waals surface area contributed by atoms with Crippen molar-refractivity contribution in [1.29, 1.82) is 10.5 Å². The van der Waals surface area contributed by atoms with Gasteiger partial charge in [0.1, 0.15) is 18.3 Å². The summed E-state index contributed by atoms with van der Waals surface area (Å²) < 4.78 is 14.2. The highest BCUT2D eigenvalue weighted by Crippen LogP contribution is 2.37. The Morgan fingerprint density at radius 3 is 2.48 bits per heavy atom. The summed E-state index contributed by atoms with van der Waals surface area (Å²) in [5.74, 6) is 0.737. The third kappa shape index (κ3) is 6.05. The van der Waals surface area contributed by atoms with Gasteiger partial charge >= 0.3 is 0 Å². The number of alkyl halides is 1. The van der Waals surface area contributed by atoms with Gasteiger partial charge in [0, 0.05) is 44.8 Å². The number of likely N-dealkylation sites (tertiary alicyclic amines) is 1. The van der Waals surface area contributed by atoms with Crippen LogP contribution in [0.25, 0.3) is 5.65 Å². The van der Waals surface area contributed by atoms with E-state index in [0.29, 0.717) is 52.1 Å². The number of hydrogen-bond donors (Lipinski definition) is 3. The van der Waals surface area contributed by atoms with Crippen LogP contribution in [0.3, 0.4) is 0 Å². The van der Waals surface area contributed by atoms with E-state index in [1.807, 2.05) is 6.07 Å². The van der Waals surface area contributed by atoms with Crippen LogP contribution in [0, 0.1) is 22.7 Å². The third-order valence-electron chi connectivity index (χ3n) is 8.20. The van der Waals surface area contributed by atoms with Crippen molar-refractivity contribution in [3.8, 4) is 12.1 Å². The molecule has 1 saturated carbocycles. The number of nitriles is 2. The molecule has 1 unspecified atom stereocenters. The van der Waals surface area contributed by atoms with Crippen molar-refractivity contribution in [3.05, 3.63) is 34.5 Å². The van der Waals surface area contributed by atoms with Gasteiger partial charge in [0.05, 0.1) is 40.3 Å². The fourth-order valence-electron chi connectivity index (χ4n) is 5.77. The van der Waals surface area contributed by atoms with Gasteiger partial charge in [0.25, 0.3) is 0 Å². The van der Waals surface area contributed by atoms with Gasteiger partial charge in [-0.15, -0.1) is 0 Å². The number of nitrogens with one attached hydrogen (secondary N) is 2. The van der Waals surface area contributed by atoms with Crippen molar-refractivity contribution in [2.45, 2.75) is 43.9 Å². The third-order valence-corrected chi connectivity index (χ3v) is 8.60. The Morgan fingerprint density at radius 1 is 1.05 bits per heavy atom. The highest BCUT2D eigenvalue weighted by Gasteiger charge is 2.29. The standard InChI is InChI=1S/C28H33ClFN11O/c29-25-23(35-27-36-26-19(15-32)16-33-41(26)28(37-27)34-20-1-2-20)11-18(14-31)12-24(25)40-9-7-39(8-10-40)21-3-5-38(6-4-21)17-22(42)13-30/h11-12,16,20-22,42H,1-10,13,17H2,(H2,34,35,36,37). The predicted molar refractivity (Wildman–Crippen MR) is 157 cm³/mol. The molecular weight excluding hydrogens is 561 g/mol. The van der Waals surface area contributed by atoms with E-state index in [1.165, 1.54) is 10.7 Å². The van der Waals surface area contributed by atoms with Crippen LogP contribution in [0.1, 0.15) is 36.8 Å². The molecule has 3 N–H and O–H groups in total. The van der Waals surface area contributed by atoms with Crippen molar-refractivity contribution in [2.75, 3.05) is 68.0 Å². The molecule has 6 rings (SSSR count). The minimum Gasteiger partial charge on any atom is -0.389 e. The molecule has 2 aromatic heterocycles. The number of piperidine rings is 1. The van der Waals surface area contributed by atoms with Gasteiger partial charge in [-0.1, -0.05) is 11.6 Å². The zero-order chi connectivity index (χ0) is 29.2. The highest BCUT2D eigenvalue weighted by molar-refractivity contribution is 6.36. The van der Waals surface area contributed by atoms with E-state index in [9.17, 15) is 20.0 Å². The van der Waals surface area contributed by atoms with E-state index in [0.717, 1.165) is 70.6 Å². The molecular formula is C28H33ClFN11O. The summed E-state index contributed by atoms with van der Waals surface area (Å²) in [5.41, 5.74) is 2.45. The Morgan fingerprint density at radius 2 is 1.81 bits per heavy atom. The molecule has 3 aromatic rings. The van der Waals surface area contributed by atoms with Gasteiger partial charge in [0.2, 0.25) is 11.9 Å². The Bertz CT molecular complexity index is 1510. The van der Waals surface area contributed by atoms with Crippen LogP contribution < -0.4 is 15.5 Å². The number of aliphatic hydroxyl groups excluding tert-OH is 1. The number of β-amino-alcohol motifs (C(OH)–C–C–N with tert-alkyl or cyclic N) is 1. The van der Waals surface area contributed by atoms with E-state index >= 15 is 0 Å². The van der Waals surface area contributed by atoms with Crippen LogP contribution in [-0.2, 0) is 0 Å². The average molecular weight is 594 g/mol. The fourth-order valence-corrected chi connectivity index (χ4v) is 6.05. The molecule has 42 heavy (non-hydrogen) atoms. The van der Waals surface area contributed by atoms with Gasteiger partial charge in [-0.2, -0.15) is 30.1 Å². The van der Waals surface area contributed by atoms with Crippen molar-refractivity contribution >= 4 is 40.5 Å². The number of fused-ring (bicyclic) bond motifs is 1. The van der Waals surface area contributed by atoms with Crippen LogP contribution in [0.5, 0.6) is 0 Å². The Labute approximate surface area is 248 Å². The van der Waals surface area contributed by atoms with Crippen molar-refractivity contribution < 1.29 is 9.50 Å². The van der Waals surface area contributed by atoms with Crippen LogP contribution >= 0.6 is 11.6 Å². The van der Waals surface area contributed by atoms with E-state index in [-0.39, 0.29) is 5.95 Å². The number of rotatable bonds is 9. The SMILES string of the molecule is N#Cc1cc(Nc2nc(NC3CC3)n3ncc(C#N)c3n2)c(Cl)c(N2CCN(C3CCN(CC(O)CF)CC3)CC2)c1. The molecule has 0 bridgehead atoms. The normalized spacial score (nSPS) is 19.4. The topological polar surface area (TPSA) is 145 Å². The number of nitrogens with zero attached hydrogens (tertiary/aromatic N) is 9. The zero-order valence-electron chi connectivity index (χ0n) is 23.2. The molecule has 3 fully saturated rings. The molecule has 1 atom stereocenters. The quantitative estimate of drug-likeness (QED) is 0.337. The average Bonchev–Trinajstić information content (AvgIpc) is 3.74. The second-order valence-corrected chi connectivity index (χ2v) is 11.5. The summed E-state index contributed by atoms with van der Waals surface area (Å²) in [4.78, 5) is 16.0. The molecule has 0 amide bonds. The monoisotopic (exact) mass is 593 g/mol. The fraction of sp³-hybridized carbons (Fsp3) is 0.536. The summed E-state index contributed by atoms with van der Waals surface area (Å²) in [6, 6.07) is 8.62. The van der Waals surface area contributed by atoms with Gasteiger partial charge in [-0.05, 0) is 50.9 Å².